The second kappa shape index (κ2) is 6.66. The van der Waals surface area contributed by atoms with E-state index in [9.17, 15) is 9.18 Å². The van der Waals surface area contributed by atoms with Gasteiger partial charge < -0.3 is 5.32 Å². The fraction of sp³-hybridized carbons (Fsp3) is 0.500. The summed E-state index contributed by atoms with van der Waals surface area (Å²) in [6.07, 6.45) is 6.36. The second-order valence-electron chi connectivity index (χ2n) is 4.86. The van der Waals surface area contributed by atoms with Crippen LogP contribution in [0.3, 0.4) is 0 Å². The van der Waals surface area contributed by atoms with Crippen LogP contribution in [0, 0.1) is 5.82 Å². The van der Waals surface area contributed by atoms with Crippen LogP contribution in [-0.4, -0.2) is 23.5 Å². The van der Waals surface area contributed by atoms with E-state index in [-0.39, 0.29) is 17.5 Å². The van der Waals surface area contributed by atoms with Crippen LogP contribution in [0.15, 0.2) is 23.1 Å². The lowest BCUT2D eigenvalue weighted by atomic mass is 9.94. The fourth-order valence-electron chi connectivity index (χ4n) is 2.44. The predicted molar refractivity (Wildman–Crippen MR) is 80.7 cm³/mol. The van der Waals surface area contributed by atoms with E-state index in [4.69, 9.17) is 0 Å². The summed E-state index contributed by atoms with van der Waals surface area (Å²) in [5.74, 6) is -0.826. The Morgan fingerprint density at radius 1 is 1.47 bits per heavy atom. The highest BCUT2D eigenvalue weighted by Gasteiger charge is 2.23. The lowest BCUT2D eigenvalue weighted by molar-refractivity contribution is 0.0924. The fourth-order valence-corrected chi connectivity index (χ4v) is 3.47. The van der Waals surface area contributed by atoms with Crippen LogP contribution >= 0.6 is 24.4 Å². The van der Waals surface area contributed by atoms with Crippen molar-refractivity contribution in [3.63, 3.8) is 0 Å². The Kier molecular flexibility index (Phi) is 5.16. The summed E-state index contributed by atoms with van der Waals surface area (Å²) in [7, 11) is 0. The standard InChI is InChI=1S/C14H18FNOS2/c1-19-11-4-2-3-9(7-11)16-14(17)12-8-10(18)5-6-13(12)15/h5-6,8-9,11,18H,2-4,7H2,1H3,(H,16,17). The molecule has 104 valence electrons. The summed E-state index contributed by atoms with van der Waals surface area (Å²) < 4.78 is 13.6. The number of benzene rings is 1. The van der Waals surface area contributed by atoms with Gasteiger partial charge in [-0.25, -0.2) is 4.39 Å². The number of hydrogen-bond acceptors (Lipinski definition) is 3. The highest BCUT2D eigenvalue weighted by atomic mass is 32.2. The number of thioether (sulfide) groups is 1. The lowest BCUT2D eigenvalue weighted by Crippen LogP contribution is -2.39. The number of rotatable bonds is 3. The lowest BCUT2D eigenvalue weighted by Gasteiger charge is -2.28. The third-order valence-electron chi connectivity index (χ3n) is 3.49. The zero-order valence-corrected chi connectivity index (χ0v) is 12.6. The minimum absolute atomic E-state index is 0.0822. The number of carbonyl (C=O) groups excluding carboxylic acids is 1. The van der Waals surface area contributed by atoms with Crippen molar-refractivity contribution in [2.24, 2.45) is 0 Å². The predicted octanol–water partition coefficient (Wildman–Crippen LogP) is 3.52. The molecule has 1 aliphatic rings. The van der Waals surface area contributed by atoms with Crippen LogP contribution in [0.2, 0.25) is 0 Å². The van der Waals surface area contributed by atoms with Crippen LogP contribution in [0.1, 0.15) is 36.0 Å². The van der Waals surface area contributed by atoms with Crippen LogP contribution in [0.5, 0.6) is 0 Å². The quantitative estimate of drug-likeness (QED) is 0.836. The van der Waals surface area contributed by atoms with Crippen molar-refractivity contribution < 1.29 is 9.18 Å². The minimum atomic E-state index is -0.493. The zero-order chi connectivity index (χ0) is 13.8. The number of amides is 1. The molecule has 0 radical (unpaired) electrons. The Balaban J connectivity index is 2.02. The van der Waals surface area contributed by atoms with Crippen molar-refractivity contribution in [2.75, 3.05) is 6.26 Å². The SMILES string of the molecule is CSC1CCCC(NC(=O)c2cc(S)ccc2F)C1. The van der Waals surface area contributed by atoms with Gasteiger partial charge in [0.1, 0.15) is 5.82 Å². The zero-order valence-electron chi connectivity index (χ0n) is 10.9. The van der Waals surface area contributed by atoms with Crippen LogP contribution < -0.4 is 5.32 Å². The third kappa shape index (κ3) is 3.89. The van der Waals surface area contributed by atoms with Crippen LogP contribution in [0.25, 0.3) is 0 Å². The number of halogens is 1. The normalized spacial score (nSPS) is 23.1. The van der Waals surface area contributed by atoms with Gasteiger partial charge in [0.25, 0.3) is 5.91 Å². The highest BCUT2D eigenvalue weighted by Crippen LogP contribution is 2.27. The van der Waals surface area contributed by atoms with Gasteiger partial charge >= 0.3 is 0 Å². The summed E-state index contributed by atoms with van der Waals surface area (Å²) in [6.45, 7) is 0. The summed E-state index contributed by atoms with van der Waals surface area (Å²) in [4.78, 5) is 12.7. The molecular formula is C14H18FNOS2. The van der Waals surface area contributed by atoms with Gasteiger partial charge in [0.05, 0.1) is 5.56 Å². The summed E-state index contributed by atoms with van der Waals surface area (Å²) in [5.41, 5.74) is 0.0822. The van der Waals surface area contributed by atoms with E-state index in [0.29, 0.717) is 10.1 Å². The van der Waals surface area contributed by atoms with Crippen molar-refractivity contribution in [3.8, 4) is 0 Å². The first-order valence-electron chi connectivity index (χ1n) is 6.42. The number of carbonyl (C=O) groups is 1. The Hall–Kier alpha value is -0.680. The van der Waals surface area contributed by atoms with Gasteiger partial charge in [-0.15, -0.1) is 12.6 Å². The van der Waals surface area contributed by atoms with Crippen molar-refractivity contribution in [1.82, 2.24) is 5.32 Å². The van der Waals surface area contributed by atoms with Gasteiger partial charge in [-0.3, -0.25) is 4.79 Å². The summed E-state index contributed by atoms with van der Waals surface area (Å²) in [6, 6.07) is 4.45. The topological polar surface area (TPSA) is 29.1 Å². The maximum atomic E-state index is 13.6. The minimum Gasteiger partial charge on any atom is -0.349 e. The summed E-state index contributed by atoms with van der Waals surface area (Å²) >= 11 is 5.98. The molecule has 1 aromatic carbocycles. The Labute approximate surface area is 123 Å². The van der Waals surface area contributed by atoms with Gasteiger partial charge in [0, 0.05) is 16.2 Å². The average Bonchev–Trinajstić information content (AvgIpc) is 2.41. The van der Waals surface area contributed by atoms with Crippen LogP contribution in [0.4, 0.5) is 4.39 Å². The van der Waals surface area contributed by atoms with Crippen LogP contribution in [-0.2, 0) is 0 Å². The van der Waals surface area contributed by atoms with E-state index in [2.05, 4.69) is 24.2 Å². The van der Waals surface area contributed by atoms with Crippen molar-refractivity contribution in [2.45, 2.75) is 41.9 Å². The molecule has 2 unspecified atom stereocenters. The second-order valence-corrected chi connectivity index (χ2v) is 6.51. The molecule has 1 N–H and O–H groups in total. The molecule has 0 aromatic heterocycles. The van der Waals surface area contributed by atoms with Crippen molar-refractivity contribution >= 4 is 30.3 Å². The van der Waals surface area contributed by atoms with E-state index < -0.39 is 5.82 Å². The largest absolute Gasteiger partial charge is 0.349 e. The highest BCUT2D eigenvalue weighted by molar-refractivity contribution is 7.99. The third-order valence-corrected chi connectivity index (χ3v) is 4.86. The maximum Gasteiger partial charge on any atom is 0.254 e. The number of hydrogen-bond donors (Lipinski definition) is 2. The molecule has 0 bridgehead atoms. The van der Waals surface area contributed by atoms with E-state index >= 15 is 0 Å². The molecule has 2 nitrogen and oxygen atoms in total. The number of thiol groups is 1. The molecule has 19 heavy (non-hydrogen) atoms. The molecule has 1 amide bonds. The number of nitrogens with one attached hydrogen (secondary N) is 1. The van der Waals surface area contributed by atoms with Gasteiger partial charge in [0.2, 0.25) is 0 Å². The monoisotopic (exact) mass is 299 g/mol. The van der Waals surface area contributed by atoms with Gasteiger partial charge in [-0.05, 0) is 43.7 Å². The summed E-state index contributed by atoms with van der Waals surface area (Å²) in [5, 5.41) is 3.54. The van der Waals surface area contributed by atoms with E-state index in [0.717, 1.165) is 19.3 Å². The molecule has 2 rings (SSSR count). The molecule has 1 aromatic rings. The Bertz CT molecular complexity index is 467. The van der Waals surface area contributed by atoms with E-state index in [1.165, 1.54) is 18.6 Å². The average molecular weight is 299 g/mol. The first-order valence-corrected chi connectivity index (χ1v) is 8.16. The molecule has 0 aliphatic heterocycles. The Morgan fingerprint density at radius 3 is 3.00 bits per heavy atom. The van der Waals surface area contributed by atoms with Gasteiger partial charge in [-0.1, -0.05) is 6.42 Å². The molecule has 1 fully saturated rings. The molecule has 0 saturated heterocycles. The van der Waals surface area contributed by atoms with E-state index in [1.54, 1.807) is 6.07 Å². The molecule has 1 aliphatic carbocycles. The molecule has 1 saturated carbocycles. The van der Waals surface area contributed by atoms with Crippen molar-refractivity contribution in [3.05, 3.63) is 29.6 Å². The Morgan fingerprint density at radius 2 is 2.26 bits per heavy atom. The maximum absolute atomic E-state index is 13.6. The molecule has 2 atom stereocenters. The molecular weight excluding hydrogens is 281 g/mol. The van der Waals surface area contributed by atoms with E-state index in [1.807, 2.05) is 11.8 Å². The first kappa shape index (κ1) is 14.7. The first-order chi connectivity index (χ1) is 9.10. The molecule has 0 spiro atoms. The molecule has 0 heterocycles. The smallest absolute Gasteiger partial charge is 0.254 e. The van der Waals surface area contributed by atoms with Gasteiger partial charge in [-0.2, -0.15) is 11.8 Å². The van der Waals surface area contributed by atoms with Gasteiger partial charge in [0.15, 0.2) is 0 Å². The van der Waals surface area contributed by atoms with Crippen molar-refractivity contribution in [1.29, 1.82) is 0 Å². The molecule has 5 heteroatoms.